The molecule has 2 atom stereocenters. The number of hydrogen-bond acceptors (Lipinski definition) is 2. The van der Waals surface area contributed by atoms with Crippen LogP contribution in [0.15, 0.2) is 0 Å². The molecular weight excluding hydrogens is 234 g/mol. The molecule has 1 rings (SSSR count). The molecule has 0 saturated heterocycles. The Balaban J connectivity index is 1.90. The van der Waals surface area contributed by atoms with E-state index >= 15 is 0 Å². The van der Waals surface area contributed by atoms with Gasteiger partial charge in [-0.05, 0) is 69.4 Å². The summed E-state index contributed by atoms with van der Waals surface area (Å²) in [6.45, 7) is 12.5. The number of ether oxygens (including phenoxy) is 1. The van der Waals surface area contributed by atoms with Gasteiger partial charge in [0.25, 0.3) is 0 Å². The van der Waals surface area contributed by atoms with E-state index in [0.29, 0.717) is 6.10 Å². The maximum atomic E-state index is 6.05. The van der Waals surface area contributed by atoms with Gasteiger partial charge in [-0.25, -0.2) is 0 Å². The predicted octanol–water partition coefficient (Wildman–Crippen LogP) is 4.24. The lowest BCUT2D eigenvalue weighted by Gasteiger charge is -2.31. The van der Waals surface area contributed by atoms with Crippen molar-refractivity contribution in [1.82, 2.24) is 5.32 Å². The van der Waals surface area contributed by atoms with Gasteiger partial charge in [-0.2, -0.15) is 0 Å². The van der Waals surface area contributed by atoms with Crippen molar-refractivity contribution in [2.45, 2.75) is 72.3 Å². The maximum Gasteiger partial charge on any atom is 0.0580 e. The van der Waals surface area contributed by atoms with Gasteiger partial charge in [-0.1, -0.05) is 27.7 Å². The molecule has 1 saturated carbocycles. The van der Waals surface area contributed by atoms with Gasteiger partial charge in [-0.3, -0.25) is 0 Å². The summed E-state index contributed by atoms with van der Waals surface area (Å²) in [5, 5.41) is 3.50. The van der Waals surface area contributed by atoms with Gasteiger partial charge in [0.2, 0.25) is 0 Å². The van der Waals surface area contributed by atoms with Gasteiger partial charge in [-0.15, -0.1) is 0 Å². The molecule has 0 aliphatic heterocycles. The first kappa shape index (κ1) is 17.0. The van der Waals surface area contributed by atoms with E-state index in [1.54, 1.807) is 0 Å². The van der Waals surface area contributed by atoms with E-state index in [2.05, 4.69) is 33.0 Å². The largest absolute Gasteiger partial charge is 0.378 e. The van der Waals surface area contributed by atoms with Crippen LogP contribution in [0.3, 0.4) is 0 Å². The summed E-state index contributed by atoms with van der Waals surface area (Å²) in [6.07, 6.45) is 8.29. The molecule has 1 aliphatic rings. The average molecular weight is 269 g/mol. The monoisotopic (exact) mass is 269 g/mol. The van der Waals surface area contributed by atoms with Gasteiger partial charge in [0.05, 0.1) is 6.10 Å². The van der Waals surface area contributed by atoms with E-state index in [4.69, 9.17) is 4.74 Å². The topological polar surface area (TPSA) is 21.3 Å². The summed E-state index contributed by atoms with van der Waals surface area (Å²) in [6, 6.07) is 0. The van der Waals surface area contributed by atoms with Crippen LogP contribution >= 0.6 is 0 Å². The molecule has 2 heteroatoms. The first-order valence-electron chi connectivity index (χ1n) is 8.40. The summed E-state index contributed by atoms with van der Waals surface area (Å²) < 4.78 is 6.05. The molecule has 0 bridgehead atoms. The van der Waals surface area contributed by atoms with Gasteiger partial charge in [0.1, 0.15) is 0 Å². The molecule has 114 valence electrons. The molecule has 1 aliphatic carbocycles. The van der Waals surface area contributed by atoms with Gasteiger partial charge >= 0.3 is 0 Å². The second kappa shape index (κ2) is 9.77. The third-order valence-electron chi connectivity index (χ3n) is 4.04. The van der Waals surface area contributed by atoms with Crippen LogP contribution in [0.4, 0.5) is 0 Å². The number of hydrogen-bond donors (Lipinski definition) is 1. The van der Waals surface area contributed by atoms with Crippen LogP contribution < -0.4 is 5.32 Å². The number of rotatable bonds is 9. The fourth-order valence-electron chi connectivity index (χ4n) is 3.18. The van der Waals surface area contributed by atoms with Crippen LogP contribution in [-0.2, 0) is 4.74 Å². The Bertz CT molecular complexity index is 207. The Morgan fingerprint density at radius 2 is 1.68 bits per heavy atom. The third kappa shape index (κ3) is 8.65. The Kier molecular flexibility index (Phi) is 8.72. The minimum absolute atomic E-state index is 0.540. The highest BCUT2D eigenvalue weighted by atomic mass is 16.5. The van der Waals surface area contributed by atoms with E-state index in [1.165, 1.54) is 38.5 Å². The molecule has 2 nitrogen and oxygen atoms in total. The van der Waals surface area contributed by atoms with Crippen molar-refractivity contribution in [2.75, 3.05) is 19.7 Å². The Hall–Kier alpha value is -0.0800. The Labute approximate surface area is 120 Å². The standard InChI is InChI=1S/C17H35NO/c1-14(2)13-18-8-6-5-7-9-19-17-11-15(3)10-16(4)12-17/h14-18H,5-13H2,1-4H3. The number of nitrogens with one attached hydrogen (secondary N) is 1. The summed E-state index contributed by atoms with van der Waals surface area (Å²) >= 11 is 0. The average Bonchev–Trinajstić information content (AvgIpc) is 2.31. The summed E-state index contributed by atoms with van der Waals surface area (Å²) in [5.74, 6) is 2.47. The first-order chi connectivity index (χ1) is 9.08. The Morgan fingerprint density at radius 1 is 1.00 bits per heavy atom. The van der Waals surface area contributed by atoms with Crippen molar-refractivity contribution < 1.29 is 4.74 Å². The van der Waals surface area contributed by atoms with Gasteiger partial charge < -0.3 is 10.1 Å². The molecule has 0 aromatic carbocycles. The first-order valence-corrected chi connectivity index (χ1v) is 8.40. The predicted molar refractivity (Wildman–Crippen MR) is 83.5 cm³/mol. The molecular formula is C17H35NO. The quantitative estimate of drug-likeness (QED) is 0.632. The van der Waals surface area contributed by atoms with Crippen molar-refractivity contribution >= 4 is 0 Å². The van der Waals surface area contributed by atoms with Crippen LogP contribution in [0.25, 0.3) is 0 Å². The van der Waals surface area contributed by atoms with E-state index in [0.717, 1.165) is 37.5 Å². The lowest BCUT2D eigenvalue weighted by Crippen LogP contribution is -2.26. The van der Waals surface area contributed by atoms with Crippen molar-refractivity contribution in [1.29, 1.82) is 0 Å². The molecule has 0 spiro atoms. The zero-order chi connectivity index (χ0) is 14.1. The van der Waals surface area contributed by atoms with Gasteiger partial charge in [0, 0.05) is 6.61 Å². The minimum atomic E-state index is 0.540. The highest BCUT2D eigenvalue weighted by molar-refractivity contribution is 4.75. The molecule has 1 N–H and O–H groups in total. The summed E-state index contributed by atoms with van der Waals surface area (Å²) in [7, 11) is 0. The normalized spacial score (nSPS) is 27.9. The van der Waals surface area contributed by atoms with Crippen molar-refractivity contribution in [3.8, 4) is 0 Å². The molecule has 1 fully saturated rings. The van der Waals surface area contributed by atoms with E-state index in [-0.39, 0.29) is 0 Å². The second-order valence-electron chi connectivity index (χ2n) is 7.07. The molecule has 0 aromatic rings. The third-order valence-corrected chi connectivity index (χ3v) is 4.04. The van der Waals surface area contributed by atoms with E-state index in [1.807, 2.05) is 0 Å². The SMILES string of the molecule is CC(C)CNCCCCCOC1CC(C)CC(C)C1. The molecule has 0 amide bonds. The van der Waals surface area contributed by atoms with Gasteiger partial charge in [0.15, 0.2) is 0 Å². The lowest BCUT2D eigenvalue weighted by molar-refractivity contribution is -0.000578. The van der Waals surface area contributed by atoms with Crippen molar-refractivity contribution in [2.24, 2.45) is 17.8 Å². The van der Waals surface area contributed by atoms with Crippen LogP contribution in [0, 0.1) is 17.8 Å². The minimum Gasteiger partial charge on any atom is -0.378 e. The maximum absolute atomic E-state index is 6.05. The van der Waals surface area contributed by atoms with Crippen LogP contribution in [0.5, 0.6) is 0 Å². The Morgan fingerprint density at radius 3 is 2.32 bits per heavy atom. The van der Waals surface area contributed by atoms with Crippen molar-refractivity contribution in [3.63, 3.8) is 0 Å². The van der Waals surface area contributed by atoms with Crippen LogP contribution in [0.1, 0.15) is 66.2 Å². The molecule has 2 unspecified atom stereocenters. The second-order valence-corrected chi connectivity index (χ2v) is 7.07. The zero-order valence-corrected chi connectivity index (χ0v) is 13.6. The summed E-state index contributed by atoms with van der Waals surface area (Å²) in [5.41, 5.74) is 0. The fraction of sp³-hybridized carbons (Fsp3) is 1.00. The van der Waals surface area contributed by atoms with E-state index < -0.39 is 0 Å². The zero-order valence-electron chi connectivity index (χ0n) is 13.6. The van der Waals surface area contributed by atoms with Crippen LogP contribution in [0.2, 0.25) is 0 Å². The molecule has 0 heterocycles. The van der Waals surface area contributed by atoms with Crippen LogP contribution in [-0.4, -0.2) is 25.8 Å². The smallest absolute Gasteiger partial charge is 0.0580 e. The molecule has 19 heavy (non-hydrogen) atoms. The van der Waals surface area contributed by atoms with Crippen molar-refractivity contribution in [3.05, 3.63) is 0 Å². The fourth-order valence-corrected chi connectivity index (χ4v) is 3.18. The highest BCUT2D eigenvalue weighted by Gasteiger charge is 2.23. The highest BCUT2D eigenvalue weighted by Crippen LogP contribution is 2.30. The molecule has 0 radical (unpaired) electrons. The lowest BCUT2D eigenvalue weighted by atomic mass is 9.82. The number of unbranched alkanes of at least 4 members (excludes halogenated alkanes) is 2. The summed E-state index contributed by atoms with van der Waals surface area (Å²) in [4.78, 5) is 0. The molecule has 0 aromatic heterocycles. The van der Waals surface area contributed by atoms with E-state index in [9.17, 15) is 0 Å².